The smallest absolute Gasteiger partial charge is 0.339 e. The van der Waals surface area contributed by atoms with E-state index in [0.29, 0.717) is 17.1 Å². The van der Waals surface area contributed by atoms with Gasteiger partial charge in [-0.3, -0.25) is 0 Å². The molecule has 4 aromatic carbocycles. The number of fused-ring (bicyclic) bond motifs is 3. The Hall–Kier alpha value is -4.12. The maximum absolute atomic E-state index is 13.4. The van der Waals surface area contributed by atoms with Crippen molar-refractivity contribution in [2.24, 2.45) is 0 Å². The van der Waals surface area contributed by atoms with Crippen LogP contribution in [0.15, 0.2) is 91.0 Å². The molecule has 10 heteroatoms. The van der Waals surface area contributed by atoms with Crippen molar-refractivity contribution >= 4 is 17.6 Å². The number of methoxy groups -OCH3 is 1. The molecule has 4 aromatic rings. The van der Waals surface area contributed by atoms with E-state index in [1.54, 1.807) is 18.2 Å². The van der Waals surface area contributed by atoms with Gasteiger partial charge < -0.3 is 39.2 Å². The summed E-state index contributed by atoms with van der Waals surface area (Å²) >= 11 is 6.00. The second kappa shape index (κ2) is 13.9. The second-order valence-electron chi connectivity index (χ2n) is 11.0. The van der Waals surface area contributed by atoms with Gasteiger partial charge in [-0.2, -0.15) is 0 Å². The van der Waals surface area contributed by atoms with Gasteiger partial charge in [0.05, 0.1) is 18.8 Å². The van der Waals surface area contributed by atoms with Gasteiger partial charge >= 0.3 is 5.97 Å². The number of carbonyl (C=O) groups is 1. The predicted octanol–water partition coefficient (Wildman–Crippen LogP) is 5.00. The van der Waals surface area contributed by atoms with Gasteiger partial charge in [-0.1, -0.05) is 84.4 Å². The highest BCUT2D eigenvalue weighted by atomic mass is 35.5. The number of hydrogen-bond donors (Lipinski definition) is 3. The number of nitrogens with one attached hydrogen (secondary N) is 1. The third-order valence-corrected chi connectivity index (χ3v) is 8.18. The SMILES string of the molecule is COc1c(OCc2ccccc2)cc2c(c1OCc1ccccc1)[C@@H]1O[C@H](CNCc3ccc(Cl)cc3)[C@@H](O)[C@H](O)[C@H]1OC2=O. The predicted molar refractivity (Wildman–Crippen MR) is 167 cm³/mol. The van der Waals surface area contributed by atoms with Crippen LogP contribution in [-0.2, 0) is 29.2 Å². The lowest BCUT2D eigenvalue weighted by atomic mass is 9.86. The fraction of sp³-hybridized carbons (Fsp3) is 0.286. The van der Waals surface area contributed by atoms with Crippen molar-refractivity contribution in [3.8, 4) is 17.2 Å². The van der Waals surface area contributed by atoms with Gasteiger partial charge in [-0.25, -0.2) is 4.79 Å². The Kier molecular flexibility index (Phi) is 9.53. The van der Waals surface area contributed by atoms with E-state index >= 15 is 0 Å². The molecule has 1 fully saturated rings. The number of aliphatic hydroxyl groups is 2. The van der Waals surface area contributed by atoms with Crippen LogP contribution in [-0.4, -0.2) is 54.3 Å². The zero-order chi connectivity index (χ0) is 31.3. The Balaban J connectivity index is 1.33. The van der Waals surface area contributed by atoms with Crippen LogP contribution >= 0.6 is 11.6 Å². The lowest BCUT2D eigenvalue weighted by Crippen LogP contribution is -2.59. The molecule has 0 bridgehead atoms. The summed E-state index contributed by atoms with van der Waals surface area (Å²) in [7, 11) is 1.49. The Morgan fingerprint density at radius 2 is 1.47 bits per heavy atom. The summed E-state index contributed by atoms with van der Waals surface area (Å²) < 4.78 is 30.5. The number of benzene rings is 4. The summed E-state index contributed by atoms with van der Waals surface area (Å²) in [5, 5.41) is 26.1. The third-order valence-electron chi connectivity index (χ3n) is 7.93. The van der Waals surface area contributed by atoms with Gasteiger partial charge in [-0.15, -0.1) is 0 Å². The average molecular weight is 632 g/mol. The fourth-order valence-electron chi connectivity index (χ4n) is 5.61. The highest BCUT2D eigenvalue weighted by Crippen LogP contribution is 2.51. The number of carbonyl (C=O) groups excluding carboxylic acids is 1. The molecular formula is C35H34ClNO8. The van der Waals surface area contributed by atoms with Crippen LogP contribution < -0.4 is 19.5 Å². The largest absolute Gasteiger partial charge is 0.490 e. The number of halogens is 1. The van der Waals surface area contributed by atoms with Gasteiger partial charge in [0.15, 0.2) is 17.6 Å². The van der Waals surface area contributed by atoms with Crippen molar-refractivity contribution < 1.29 is 38.7 Å². The minimum Gasteiger partial charge on any atom is -0.490 e. The summed E-state index contributed by atoms with van der Waals surface area (Å²) in [4.78, 5) is 13.4. The first kappa shape index (κ1) is 30.9. The van der Waals surface area contributed by atoms with Crippen LogP contribution in [0.1, 0.15) is 38.7 Å². The maximum Gasteiger partial charge on any atom is 0.339 e. The summed E-state index contributed by atoms with van der Waals surface area (Å²) in [5.74, 6) is 0.106. The van der Waals surface area contributed by atoms with E-state index in [1.807, 2.05) is 72.8 Å². The molecule has 45 heavy (non-hydrogen) atoms. The molecule has 6 rings (SSSR count). The first-order valence-corrected chi connectivity index (χ1v) is 15.1. The van der Waals surface area contributed by atoms with E-state index in [9.17, 15) is 15.0 Å². The van der Waals surface area contributed by atoms with Crippen molar-refractivity contribution in [2.45, 2.75) is 50.3 Å². The standard InChI is InChI=1S/C35H34ClNO8/c1-41-31-26(42-19-22-8-4-2-5-9-22)16-25-28(32(31)43-20-23-10-6-3-7-11-23)33-34(45-35(25)40)30(39)29(38)27(44-33)18-37-17-21-12-14-24(36)15-13-21/h2-16,27,29-30,33-34,37-39H,17-20H2,1H3/t27-,29-,30+,33+,34-/m1/s1. The molecule has 0 unspecified atom stereocenters. The lowest BCUT2D eigenvalue weighted by molar-refractivity contribution is -0.227. The van der Waals surface area contributed by atoms with Crippen LogP contribution in [0.25, 0.3) is 0 Å². The normalized spacial score (nSPS) is 22.1. The molecule has 1 saturated heterocycles. The van der Waals surface area contributed by atoms with Crippen LogP contribution in [0, 0.1) is 0 Å². The molecule has 0 amide bonds. The van der Waals surface area contributed by atoms with Gasteiger partial charge in [0.2, 0.25) is 5.75 Å². The highest BCUT2D eigenvalue weighted by molar-refractivity contribution is 6.30. The first-order chi connectivity index (χ1) is 21.9. The van der Waals surface area contributed by atoms with E-state index in [1.165, 1.54) is 7.11 Å². The van der Waals surface area contributed by atoms with Crippen molar-refractivity contribution in [3.05, 3.63) is 124 Å². The fourth-order valence-corrected chi connectivity index (χ4v) is 5.74. The molecule has 2 aliphatic rings. The second-order valence-corrected chi connectivity index (χ2v) is 11.4. The quantitative estimate of drug-likeness (QED) is 0.197. The lowest BCUT2D eigenvalue weighted by Gasteiger charge is -2.45. The Bertz CT molecular complexity index is 1600. The molecule has 0 aliphatic carbocycles. The zero-order valence-corrected chi connectivity index (χ0v) is 25.4. The average Bonchev–Trinajstić information content (AvgIpc) is 3.07. The molecule has 0 aromatic heterocycles. The van der Waals surface area contributed by atoms with Crippen LogP contribution in [0.2, 0.25) is 5.02 Å². The van der Waals surface area contributed by atoms with Crippen LogP contribution in [0.4, 0.5) is 0 Å². The number of rotatable bonds is 11. The topological polar surface area (TPSA) is 116 Å². The Morgan fingerprint density at radius 1 is 0.822 bits per heavy atom. The van der Waals surface area contributed by atoms with Crippen molar-refractivity contribution in [3.63, 3.8) is 0 Å². The minimum atomic E-state index is -1.41. The van der Waals surface area contributed by atoms with E-state index < -0.39 is 36.5 Å². The summed E-state index contributed by atoms with van der Waals surface area (Å²) in [5.41, 5.74) is 3.34. The van der Waals surface area contributed by atoms with Gasteiger partial charge in [0.25, 0.3) is 0 Å². The van der Waals surface area contributed by atoms with Crippen molar-refractivity contribution in [1.82, 2.24) is 5.32 Å². The van der Waals surface area contributed by atoms with E-state index in [4.69, 9.17) is 35.3 Å². The van der Waals surface area contributed by atoms with E-state index in [-0.39, 0.29) is 42.6 Å². The monoisotopic (exact) mass is 631 g/mol. The van der Waals surface area contributed by atoms with Gasteiger partial charge in [0.1, 0.15) is 31.5 Å². The minimum absolute atomic E-state index is 0.162. The molecule has 0 spiro atoms. The van der Waals surface area contributed by atoms with Crippen LogP contribution in [0.5, 0.6) is 17.2 Å². The summed E-state index contributed by atoms with van der Waals surface area (Å²) in [6.45, 7) is 1.08. The number of esters is 1. The van der Waals surface area contributed by atoms with Gasteiger partial charge in [0, 0.05) is 23.7 Å². The molecule has 0 saturated carbocycles. The summed E-state index contributed by atoms with van der Waals surface area (Å²) in [6, 6.07) is 28.1. The Morgan fingerprint density at radius 3 is 2.11 bits per heavy atom. The van der Waals surface area contributed by atoms with Crippen molar-refractivity contribution in [2.75, 3.05) is 13.7 Å². The molecule has 5 atom stereocenters. The molecule has 9 nitrogen and oxygen atoms in total. The van der Waals surface area contributed by atoms with E-state index in [2.05, 4.69) is 5.32 Å². The zero-order valence-electron chi connectivity index (χ0n) is 24.6. The molecule has 2 aliphatic heterocycles. The maximum atomic E-state index is 13.4. The number of aliphatic hydroxyl groups excluding tert-OH is 2. The van der Waals surface area contributed by atoms with Crippen LogP contribution in [0.3, 0.4) is 0 Å². The number of hydrogen-bond acceptors (Lipinski definition) is 9. The molecule has 234 valence electrons. The number of ether oxygens (including phenoxy) is 5. The summed E-state index contributed by atoms with van der Waals surface area (Å²) in [6.07, 6.45) is -5.69. The van der Waals surface area contributed by atoms with E-state index in [0.717, 1.165) is 16.7 Å². The Labute approximate surface area is 266 Å². The molecule has 3 N–H and O–H groups in total. The first-order valence-electron chi connectivity index (χ1n) is 14.7. The van der Waals surface area contributed by atoms with Crippen molar-refractivity contribution in [1.29, 1.82) is 0 Å². The third kappa shape index (κ3) is 6.78. The molecule has 2 heterocycles. The van der Waals surface area contributed by atoms with Gasteiger partial charge in [-0.05, 0) is 34.9 Å². The molecule has 0 radical (unpaired) electrons. The molecular weight excluding hydrogens is 598 g/mol. The highest BCUT2D eigenvalue weighted by Gasteiger charge is 2.52.